The predicted octanol–water partition coefficient (Wildman–Crippen LogP) is 1.64. The number of nitrogens with zero attached hydrogens (tertiary/aromatic N) is 2. The summed E-state index contributed by atoms with van der Waals surface area (Å²) in [7, 11) is 0. The van der Waals surface area contributed by atoms with Crippen molar-refractivity contribution in [2.45, 2.75) is 39.2 Å². The lowest BCUT2D eigenvalue weighted by Gasteiger charge is -2.23. The molecule has 0 spiro atoms. The average molecular weight is 306 g/mol. The van der Waals surface area contributed by atoms with Crippen LogP contribution in [0.5, 0.6) is 0 Å². The number of amides is 2. The molecule has 3 aliphatic rings. The Balaban J connectivity index is 1.54. The van der Waals surface area contributed by atoms with Gasteiger partial charge in [0.25, 0.3) is 0 Å². The van der Waals surface area contributed by atoms with Crippen LogP contribution in [0.2, 0.25) is 0 Å². The van der Waals surface area contributed by atoms with Crippen LogP contribution in [0.25, 0.3) is 0 Å². The largest absolute Gasteiger partial charge is 0.377 e. The lowest BCUT2D eigenvalue weighted by atomic mass is 9.85. The van der Waals surface area contributed by atoms with Gasteiger partial charge in [-0.3, -0.25) is 19.4 Å². The summed E-state index contributed by atoms with van der Waals surface area (Å²) >= 11 is 0. The number of imide groups is 1. The first-order valence-electron chi connectivity index (χ1n) is 8.40. The van der Waals surface area contributed by atoms with Crippen molar-refractivity contribution < 1.29 is 14.3 Å². The van der Waals surface area contributed by atoms with E-state index in [1.807, 2.05) is 12.2 Å². The van der Waals surface area contributed by atoms with Crippen molar-refractivity contribution in [3.63, 3.8) is 0 Å². The highest BCUT2D eigenvalue weighted by molar-refractivity contribution is 6.05. The lowest BCUT2D eigenvalue weighted by molar-refractivity contribution is -0.142. The molecular formula is C17H26N2O3. The van der Waals surface area contributed by atoms with Crippen LogP contribution in [-0.2, 0) is 14.3 Å². The minimum atomic E-state index is -0.118. The summed E-state index contributed by atoms with van der Waals surface area (Å²) < 4.78 is 5.87. The van der Waals surface area contributed by atoms with Gasteiger partial charge in [0.05, 0.1) is 24.6 Å². The summed E-state index contributed by atoms with van der Waals surface area (Å²) in [6.45, 7) is 7.21. The molecule has 2 saturated heterocycles. The first kappa shape index (κ1) is 15.7. The second-order valence-corrected chi connectivity index (χ2v) is 7.12. The molecule has 0 aromatic carbocycles. The average Bonchev–Trinajstić information content (AvgIpc) is 3.05. The monoisotopic (exact) mass is 306 g/mol. The summed E-state index contributed by atoms with van der Waals surface area (Å²) in [5, 5.41) is 0. The van der Waals surface area contributed by atoms with Gasteiger partial charge in [0.2, 0.25) is 11.8 Å². The maximum atomic E-state index is 12.4. The van der Waals surface area contributed by atoms with E-state index in [-0.39, 0.29) is 29.8 Å². The molecule has 2 aliphatic heterocycles. The van der Waals surface area contributed by atoms with E-state index in [1.165, 1.54) is 4.90 Å². The van der Waals surface area contributed by atoms with Crippen LogP contribution < -0.4 is 0 Å². The molecule has 0 aromatic rings. The van der Waals surface area contributed by atoms with E-state index in [1.54, 1.807) is 0 Å². The highest BCUT2D eigenvalue weighted by Crippen LogP contribution is 2.35. The second-order valence-electron chi connectivity index (χ2n) is 7.12. The van der Waals surface area contributed by atoms with Crippen molar-refractivity contribution in [2.24, 2.45) is 17.8 Å². The van der Waals surface area contributed by atoms with Crippen molar-refractivity contribution in [3.05, 3.63) is 12.2 Å². The van der Waals surface area contributed by atoms with Gasteiger partial charge in [-0.25, -0.2) is 0 Å². The standard InChI is InChI=1S/C17H26N2O3/c1-12(2)10-22-13-7-8-18(9-13)11-19-16(20)14-5-3-4-6-15(14)17(19)21/h3-4,12-15H,5-11H2,1-2H3/t13-,14-,15+/m0/s1. The quantitative estimate of drug-likeness (QED) is 0.572. The highest BCUT2D eigenvalue weighted by Gasteiger charge is 2.47. The van der Waals surface area contributed by atoms with Crippen LogP contribution in [0.15, 0.2) is 12.2 Å². The first-order chi connectivity index (χ1) is 10.6. The molecule has 3 atom stereocenters. The summed E-state index contributed by atoms with van der Waals surface area (Å²) in [6.07, 6.45) is 6.71. The SMILES string of the molecule is CC(C)CO[C@H]1CCN(CN2C(=O)[C@H]3CC=CC[C@H]3C2=O)C1. The first-order valence-corrected chi connectivity index (χ1v) is 8.40. The van der Waals surface area contributed by atoms with E-state index in [4.69, 9.17) is 4.74 Å². The van der Waals surface area contributed by atoms with Crippen molar-refractivity contribution in [3.8, 4) is 0 Å². The van der Waals surface area contributed by atoms with Crippen LogP contribution in [0.1, 0.15) is 33.1 Å². The van der Waals surface area contributed by atoms with Crippen LogP contribution in [0, 0.1) is 17.8 Å². The third kappa shape index (κ3) is 3.10. The maximum absolute atomic E-state index is 12.4. The lowest BCUT2D eigenvalue weighted by Crippen LogP contribution is -2.41. The van der Waals surface area contributed by atoms with Gasteiger partial charge >= 0.3 is 0 Å². The molecule has 3 rings (SSSR count). The molecule has 122 valence electrons. The number of likely N-dealkylation sites (tertiary alicyclic amines) is 2. The fourth-order valence-electron chi connectivity index (χ4n) is 3.60. The minimum Gasteiger partial charge on any atom is -0.377 e. The molecule has 0 unspecified atom stereocenters. The molecule has 2 fully saturated rings. The van der Waals surface area contributed by atoms with Gasteiger partial charge in [0, 0.05) is 19.7 Å². The Morgan fingerprint density at radius 3 is 2.41 bits per heavy atom. The maximum Gasteiger partial charge on any atom is 0.234 e. The fraction of sp³-hybridized carbons (Fsp3) is 0.765. The third-order valence-electron chi connectivity index (χ3n) is 4.83. The van der Waals surface area contributed by atoms with Crippen molar-refractivity contribution in [1.29, 1.82) is 0 Å². The Kier molecular flexibility index (Phi) is 4.64. The molecule has 22 heavy (non-hydrogen) atoms. The topological polar surface area (TPSA) is 49.9 Å². The van der Waals surface area contributed by atoms with Gasteiger partial charge in [0.1, 0.15) is 0 Å². The molecule has 0 N–H and O–H groups in total. The van der Waals surface area contributed by atoms with E-state index in [9.17, 15) is 9.59 Å². The Morgan fingerprint density at radius 2 is 1.82 bits per heavy atom. The van der Waals surface area contributed by atoms with E-state index < -0.39 is 0 Å². The van der Waals surface area contributed by atoms with Gasteiger partial charge in [-0.05, 0) is 25.2 Å². The van der Waals surface area contributed by atoms with E-state index in [0.29, 0.717) is 25.4 Å². The summed E-state index contributed by atoms with van der Waals surface area (Å²) in [5.41, 5.74) is 0. The van der Waals surface area contributed by atoms with E-state index >= 15 is 0 Å². The number of allylic oxidation sites excluding steroid dienone is 2. The summed E-state index contributed by atoms with van der Waals surface area (Å²) in [5.74, 6) is 0.337. The van der Waals surface area contributed by atoms with Crippen molar-refractivity contribution >= 4 is 11.8 Å². The number of ether oxygens (including phenoxy) is 1. The normalized spacial score (nSPS) is 32.3. The smallest absolute Gasteiger partial charge is 0.234 e. The Labute approximate surface area is 132 Å². The number of fused-ring (bicyclic) bond motifs is 1. The summed E-state index contributed by atoms with van der Waals surface area (Å²) in [4.78, 5) is 28.5. The number of carbonyl (C=O) groups is 2. The Morgan fingerprint density at radius 1 is 1.18 bits per heavy atom. The molecule has 5 nitrogen and oxygen atoms in total. The molecule has 2 heterocycles. The molecule has 1 aliphatic carbocycles. The van der Waals surface area contributed by atoms with Crippen LogP contribution in [0.4, 0.5) is 0 Å². The Hall–Kier alpha value is -1.20. The van der Waals surface area contributed by atoms with Crippen molar-refractivity contribution in [1.82, 2.24) is 9.80 Å². The molecule has 5 heteroatoms. The van der Waals surface area contributed by atoms with Gasteiger partial charge in [-0.1, -0.05) is 26.0 Å². The summed E-state index contributed by atoms with van der Waals surface area (Å²) in [6, 6.07) is 0. The van der Waals surface area contributed by atoms with Gasteiger partial charge < -0.3 is 4.74 Å². The predicted molar refractivity (Wildman–Crippen MR) is 82.8 cm³/mol. The molecule has 2 amide bonds. The molecule has 0 bridgehead atoms. The number of carbonyl (C=O) groups excluding carboxylic acids is 2. The number of hydrogen-bond donors (Lipinski definition) is 0. The zero-order chi connectivity index (χ0) is 15.7. The van der Waals surface area contributed by atoms with Gasteiger partial charge in [-0.15, -0.1) is 0 Å². The molecular weight excluding hydrogens is 280 g/mol. The van der Waals surface area contributed by atoms with Crippen molar-refractivity contribution in [2.75, 3.05) is 26.4 Å². The third-order valence-corrected chi connectivity index (χ3v) is 4.83. The van der Waals surface area contributed by atoms with Crippen LogP contribution in [0.3, 0.4) is 0 Å². The van der Waals surface area contributed by atoms with Gasteiger partial charge in [-0.2, -0.15) is 0 Å². The second kappa shape index (κ2) is 6.50. The molecule has 0 aromatic heterocycles. The van der Waals surface area contributed by atoms with Crippen LogP contribution >= 0.6 is 0 Å². The zero-order valence-electron chi connectivity index (χ0n) is 13.5. The molecule has 0 saturated carbocycles. The minimum absolute atomic E-state index is 0.0194. The Bertz CT molecular complexity index is 449. The number of hydrogen-bond acceptors (Lipinski definition) is 4. The fourth-order valence-corrected chi connectivity index (χ4v) is 3.60. The molecule has 0 radical (unpaired) electrons. The zero-order valence-corrected chi connectivity index (χ0v) is 13.5. The number of rotatable bonds is 5. The van der Waals surface area contributed by atoms with E-state index in [0.717, 1.165) is 26.1 Å². The van der Waals surface area contributed by atoms with Crippen LogP contribution in [-0.4, -0.2) is 54.1 Å². The van der Waals surface area contributed by atoms with E-state index in [2.05, 4.69) is 18.7 Å². The highest BCUT2D eigenvalue weighted by atomic mass is 16.5. The van der Waals surface area contributed by atoms with Gasteiger partial charge in [0.15, 0.2) is 0 Å².